The van der Waals surface area contributed by atoms with Gasteiger partial charge in [-0.1, -0.05) is 13.0 Å². The van der Waals surface area contributed by atoms with E-state index in [0.29, 0.717) is 6.54 Å². The minimum absolute atomic E-state index is 0.0471. The molecule has 0 aliphatic carbocycles. The van der Waals surface area contributed by atoms with Crippen LogP contribution in [0, 0.1) is 5.82 Å². The largest absolute Gasteiger partial charge is 0.494 e. The van der Waals surface area contributed by atoms with Crippen molar-refractivity contribution in [1.29, 1.82) is 0 Å². The van der Waals surface area contributed by atoms with Gasteiger partial charge in [0.15, 0.2) is 11.6 Å². The predicted molar refractivity (Wildman–Crippen MR) is 64.6 cm³/mol. The molecule has 0 heterocycles. The summed E-state index contributed by atoms with van der Waals surface area (Å²) < 4.78 is 44.7. The van der Waals surface area contributed by atoms with Crippen LogP contribution in [-0.4, -0.2) is 20.1 Å². The molecular formula is C13H18F3NO. The Morgan fingerprint density at radius 3 is 2.50 bits per heavy atom. The summed E-state index contributed by atoms with van der Waals surface area (Å²) in [6.07, 6.45) is -1.90. The van der Waals surface area contributed by atoms with Gasteiger partial charge in [0.1, 0.15) is 5.54 Å². The smallest absolute Gasteiger partial charge is 0.260 e. The Hall–Kier alpha value is -1.23. The zero-order chi connectivity index (χ0) is 13.8. The highest BCUT2D eigenvalue weighted by molar-refractivity contribution is 5.33. The fourth-order valence-electron chi connectivity index (χ4n) is 1.68. The number of halogens is 3. The van der Waals surface area contributed by atoms with E-state index in [-0.39, 0.29) is 11.3 Å². The van der Waals surface area contributed by atoms with Gasteiger partial charge < -0.3 is 10.1 Å². The summed E-state index contributed by atoms with van der Waals surface area (Å²) in [5, 5.41) is 2.77. The molecule has 0 aliphatic heterocycles. The Balaban J connectivity index is 3.09. The summed E-state index contributed by atoms with van der Waals surface area (Å²) in [7, 11) is 1.33. The molecular weight excluding hydrogens is 243 g/mol. The first-order chi connectivity index (χ1) is 8.45. The van der Waals surface area contributed by atoms with Gasteiger partial charge in [-0.05, 0) is 37.6 Å². The van der Waals surface area contributed by atoms with Crippen LogP contribution in [0.5, 0.6) is 5.75 Å². The van der Waals surface area contributed by atoms with E-state index < -0.39 is 17.8 Å². The summed E-state index contributed by atoms with van der Waals surface area (Å²) >= 11 is 0. The molecule has 0 fully saturated rings. The van der Waals surface area contributed by atoms with E-state index in [1.54, 1.807) is 0 Å². The lowest BCUT2D eigenvalue weighted by Crippen LogP contribution is -2.46. The third-order valence-corrected chi connectivity index (χ3v) is 2.93. The molecule has 0 aromatic heterocycles. The van der Waals surface area contributed by atoms with Crippen molar-refractivity contribution in [2.75, 3.05) is 13.7 Å². The zero-order valence-corrected chi connectivity index (χ0v) is 10.8. The maximum Gasteiger partial charge on any atom is 0.260 e. The molecule has 102 valence electrons. The monoisotopic (exact) mass is 261 g/mol. The van der Waals surface area contributed by atoms with Gasteiger partial charge in [-0.25, -0.2) is 13.2 Å². The highest BCUT2D eigenvalue weighted by atomic mass is 19.3. The van der Waals surface area contributed by atoms with E-state index in [0.717, 1.165) is 12.5 Å². The minimum Gasteiger partial charge on any atom is -0.494 e. The molecule has 1 unspecified atom stereocenters. The van der Waals surface area contributed by atoms with E-state index >= 15 is 0 Å². The van der Waals surface area contributed by atoms with Gasteiger partial charge >= 0.3 is 0 Å². The van der Waals surface area contributed by atoms with E-state index in [2.05, 4.69) is 5.32 Å². The average Bonchev–Trinajstić information content (AvgIpc) is 2.35. The number of hydrogen-bond acceptors (Lipinski definition) is 2. The van der Waals surface area contributed by atoms with E-state index in [9.17, 15) is 13.2 Å². The van der Waals surface area contributed by atoms with Gasteiger partial charge in [-0.3, -0.25) is 0 Å². The summed E-state index contributed by atoms with van der Waals surface area (Å²) in [5.41, 5.74) is -1.34. The van der Waals surface area contributed by atoms with E-state index in [1.165, 1.54) is 26.2 Å². The lowest BCUT2D eigenvalue weighted by atomic mass is 9.92. The Labute approximate surface area is 105 Å². The van der Waals surface area contributed by atoms with Crippen LogP contribution in [0.25, 0.3) is 0 Å². The fraction of sp³-hybridized carbons (Fsp3) is 0.538. The second-order valence-electron chi connectivity index (χ2n) is 4.28. The third-order valence-electron chi connectivity index (χ3n) is 2.93. The topological polar surface area (TPSA) is 21.3 Å². The standard InChI is InChI=1S/C13H18F3NO/c1-4-7-17-13(2,12(15)16)9-5-6-11(18-3)10(14)8-9/h5-6,8,12,17H,4,7H2,1-3H3. The first-order valence-electron chi connectivity index (χ1n) is 5.83. The first kappa shape index (κ1) is 14.8. The maximum atomic E-state index is 13.6. The Bertz CT molecular complexity index is 398. The molecule has 1 rings (SSSR count). The summed E-state index contributed by atoms with van der Waals surface area (Å²) in [5.74, 6) is -0.592. The number of nitrogens with one attached hydrogen (secondary N) is 1. The molecule has 5 heteroatoms. The number of alkyl halides is 2. The number of ether oxygens (including phenoxy) is 1. The van der Waals surface area contributed by atoms with Gasteiger partial charge in [0.2, 0.25) is 0 Å². The second kappa shape index (κ2) is 6.09. The van der Waals surface area contributed by atoms with Crippen LogP contribution in [0.2, 0.25) is 0 Å². The van der Waals surface area contributed by atoms with Crippen LogP contribution < -0.4 is 10.1 Å². The van der Waals surface area contributed by atoms with Crippen molar-refractivity contribution in [3.05, 3.63) is 29.6 Å². The summed E-state index contributed by atoms with van der Waals surface area (Å²) in [6, 6.07) is 3.91. The number of benzene rings is 1. The van der Waals surface area contributed by atoms with Gasteiger partial charge in [0.25, 0.3) is 6.43 Å². The SMILES string of the molecule is CCCNC(C)(c1ccc(OC)c(F)c1)C(F)F. The molecule has 18 heavy (non-hydrogen) atoms. The summed E-state index contributed by atoms with van der Waals surface area (Å²) in [4.78, 5) is 0. The molecule has 0 saturated carbocycles. The van der Waals surface area contributed by atoms with Crippen molar-refractivity contribution in [3.8, 4) is 5.75 Å². The quantitative estimate of drug-likeness (QED) is 0.848. The number of hydrogen-bond donors (Lipinski definition) is 1. The first-order valence-corrected chi connectivity index (χ1v) is 5.83. The molecule has 0 saturated heterocycles. The van der Waals surface area contributed by atoms with Gasteiger partial charge in [-0.2, -0.15) is 0 Å². The van der Waals surface area contributed by atoms with Crippen LogP contribution in [0.4, 0.5) is 13.2 Å². The molecule has 1 aromatic carbocycles. The molecule has 1 N–H and O–H groups in total. The third kappa shape index (κ3) is 2.96. The minimum atomic E-state index is -2.63. The van der Waals surface area contributed by atoms with E-state index in [4.69, 9.17) is 4.74 Å². The van der Waals surface area contributed by atoms with Crippen molar-refractivity contribution in [1.82, 2.24) is 5.32 Å². The van der Waals surface area contributed by atoms with Crippen molar-refractivity contribution in [3.63, 3.8) is 0 Å². The molecule has 0 amide bonds. The van der Waals surface area contributed by atoms with Crippen LogP contribution in [-0.2, 0) is 5.54 Å². The molecule has 1 aromatic rings. The van der Waals surface area contributed by atoms with Crippen LogP contribution >= 0.6 is 0 Å². The highest BCUT2D eigenvalue weighted by Crippen LogP contribution is 2.30. The lowest BCUT2D eigenvalue weighted by Gasteiger charge is -2.30. The lowest BCUT2D eigenvalue weighted by molar-refractivity contribution is 0.0383. The molecule has 1 atom stereocenters. The van der Waals surface area contributed by atoms with Crippen LogP contribution in [0.15, 0.2) is 18.2 Å². The van der Waals surface area contributed by atoms with Gasteiger partial charge in [0.05, 0.1) is 7.11 Å². The van der Waals surface area contributed by atoms with Crippen molar-refractivity contribution < 1.29 is 17.9 Å². The van der Waals surface area contributed by atoms with E-state index in [1.807, 2.05) is 6.92 Å². The molecule has 2 nitrogen and oxygen atoms in total. The normalized spacial score (nSPS) is 14.6. The van der Waals surface area contributed by atoms with Gasteiger partial charge in [-0.15, -0.1) is 0 Å². The zero-order valence-electron chi connectivity index (χ0n) is 10.8. The predicted octanol–water partition coefficient (Wildman–Crippen LogP) is 3.31. The molecule has 0 bridgehead atoms. The van der Waals surface area contributed by atoms with Crippen molar-refractivity contribution >= 4 is 0 Å². The second-order valence-corrected chi connectivity index (χ2v) is 4.28. The Morgan fingerprint density at radius 1 is 1.39 bits per heavy atom. The Morgan fingerprint density at radius 2 is 2.06 bits per heavy atom. The number of methoxy groups -OCH3 is 1. The van der Waals surface area contributed by atoms with Crippen LogP contribution in [0.1, 0.15) is 25.8 Å². The van der Waals surface area contributed by atoms with Gasteiger partial charge in [0, 0.05) is 0 Å². The number of rotatable bonds is 6. The molecule has 0 aliphatic rings. The van der Waals surface area contributed by atoms with Crippen LogP contribution in [0.3, 0.4) is 0 Å². The summed E-state index contributed by atoms with van der Waals surface area (Å²) in [6.45, 7) is 3.69. The average molecular weight is 261 g/mol. The van der Waals surface area contributed by atoms with Crippen molar-refractivity contribution in [2.24, 2.45) is 0 Å². The maximum absolute atomic E-state index is 13.6. The molecule has 0 radical (unpaired) electrons. The fourth-order valence-corrected chi connectivity index (χ4v) is 1.68. The highest BCUT2D eigenvalue weighted by Gasteiger charge is 2.36. The Kier molecular flexibility index (Phi) is 5.02. The molecule has 0 spiro atoms. The van der Waals surface area contributed by atoms with Crippen molar-refractivity contribution in [2.45, 2.75) is 32.2 Å².